The fourth-order valence-electron chi connectivity index (χ4n) is 1.96. The van der Waals surface area contributed by atoms with Gasteiger partial charge in [0.25, 0.3) is 5.91 Å². The van der Waals surface area contributed by atoms with Crippen molar-refractivity contribution in [2.75, 3.05) is 25.0 Å². The van der Waals surface area contributed by atoms with Gasteiger partial charge >= 0.3 is 0 Å². The van der Waals surface area contributed by atoms with Gasteiger partial charge in [0.05, 0.1) is 11.3 Å². The van der Waals surface area contributed by atoms with Gasteiger partial charge in [0.2, 0.25) is 5.91 Å². The van der Waals surface area contributed by atoms with Crippen LogP contribution in [0.5, 0.6) is 0 Å². The predicted molar refractivity (Wildman–Crippen MR) is 81.2 cm³/mol. The first-order chi connectivity index (χ1) is 9.15. The lowest BCUT2D eigenvalue weighted by molar-refractivity contribution is -0.119. The molecule has 1 aromatic carbocycles. The summed E-state index contributed by atoms with van der Waals surface area (Å²) in [5.74, 6) is 0.0146. The second-order valence-corrected chi connectivity index (χ2v) is 4.73. The van der Waals surface area contributed by atoms with E-state index in [9.17, 15) is 9.59 Å². The third-order valence-electron chi connectivity index (χ3n) is 3.20. The molecule has 110 valence electrons. The van der Waals surface area contributed by atoms with Crippen molar-refractivity contribution in [1.29, 1.82) is 0 Å². The zero-order chi connectivity index (χ0) is 13.8. The van der Waals surface area contributed by atoms with Crippen LogP contribution in [0.25, 0.3) is 0 Å². The quantitative estimate of drug-likeness (QED) is 0.856. The number of hydrogen-bond donors (Lipinski definition) is 2. The fourth-order valence-corrected chi connectivity index (χ4v) is 1.96. The number of benzene rings is 1. The number of para-hydroxylation sites is 1. The van der Waals surface area contributed by atoms with Gasteiger partial charge in [0.1, 0.15) is 0 Å². The van der Waals surface area contributed by atoms with Gasteiger partial charge in [-0.15, -0.1) is 12.4 Å². The normalized spacial score (nSPS) is 13.3. The molecule has 2 amide bonds. The van der Waals surface area contributed by atoms with E-state index in [1.165, 1.54) is 0 Å². The van der Waals surface area contributed by atoms with Crippen molar-refractivity contribution in [3.63, 3.8) is 0 Å². The Kier molecular flexibility index (Phi) is 5.98. The highest BCUT2D eigenvalue weighted by Crippen LogP contribution is 2.33. The first-order valence-electron chi connectivity index (χ1n) is 6.50. The second-order valence-electron chi connectivity index (χ2n) is 4.73. The van der Waals surface area contributed by atoms with Crippen LogP contribution in [0, 0.1) is 5.92 Å². The summed E-state index contributed by atoms with van der Waals surface area (Å²) in [4.78, 5) is 25.7. The Balaban J connectivity index is 0.00000200. The van der Waals surface area contributed by atoms with Crippen molar-refractivity contribution in [2.45, 2.75) is 12.8 Å². The van der Waals surface area contributed by atoms with Crippen molar-refractivity contribution in [1.82, 2.24) is 5.32 Å². The fraction of sp³-hybridized carbons (Fsp3) is 0.429. The van der Waals surface area contributed by atoms with Gasteiger partial charge < -0.3 is 16.0 Å². The molecule has 6 heteroatoms. The number of nitrogens with one attached hydrogen (secondary N) is 1. The number of nitrogens with two attached hydrogens (primary N) is 1. The summed E-state index contributed by atoms with van der Waals surface area (Å²) in [5.41, 5.74) is 6.52. The Morgan fingerprint density at radius 2 is 2.00 bits per heavy atom. The molecular weight excluding hydrogens is 278 g/mol. The minimum atomic E-state index is -0.198. The molecule has 1 aliphatic carbocycles. The maximum Gasteiger partial charge on any atom is 0.253 e. The number of nitrogens with zero attached hydrogens (tertiary/aromatic N) is 1. The highest BCUT2D eigenvalue weighted by molar-refractivity contribution is 6.05. The van der Waals surface area contributed by atoms with Gasteiger partial charge in [-0.25, -0.2) is 0 Å². The molecule has 0 spiro atoms. The molecule has 20 heavy (non-hydrogen) atoms. The standard InChI is InChI=1S/C14H19N3O2.ClH/c1-17(14(19)10-6-7-10)12-5-3-2-4-11(12)13(18)16-9-8-15;/h2-5,10H,6-9,15H2,1H3,(H,16,18);1H. The molecular formula is C14H20ClN3O2. The predicted octanol–water partition coefficient (Wildman–Crippen LogP) is 1.17. The SMILES string of the molecule is CN(C(=O)C1CC1)c1ccccc1C(=O)NCCN.Cl. The van der Waals surface area contributed by atoms with Gasteiger partial charge in [0.15, 0.2) is 0 Å². The lowest BCUT2D eigenvalue weighted by atomic mass is 10.1. The molecule has 0 saturated heterocycles. The van der Waals surface area contributed by atoms with E-state index in [-0.39, 0.29) is 30.1 Å². The van der Waals surface area contributed by atoms with Crippen LogP contribution in [-0.4, -0.2) is 32.0 Å². The number of anilines is 1. The smallest absolute Gasteiger partial charge is 0.253 e. The van der Waals surface area contributed by atoms with Crippen LogP contribution in [0.1, 0.15) is 23.2 Å². The van der Waals surface area contributed by atoms with Crippen LogP contribution in [0.4, 0.5) is 5.69 Å². The molecule has 0 aromatic heterocycles. The molecule has 0 bridgehead atoms. The zero-order valence-electron chi connectivity index (χ0n) is 11.5. The summed E-state index contributed by atoms with van der Waals surface area (Å²) >= 11 is 0. The number of halogens is 1. The summed E-state index contributed by atoms with van der Waals surface area (Å²) in [6.07, 6.45) is 1.90. The van der Waals surface area contributed by atoms with Crippen LogP contribution >= 0.6 is 12.4 Å². The molecule has 0 aliphatic heterocycles. The number of carbonyl (C=O) groups is 2. The highest BCUT2D eigenvalue weighted by Gasteiger charge is 2.33. The topological polar surface area (TPSA) is 75.4 Å². The Hall–Kier alpha value is -1.59. The van der Waals surface area contributed by atoms with Crippen LogP contribution in [0.2, 0.25) is 0 Å². The van der Waals surface area contributed by atoms with Crippen LogP contribution in [0.3, 0.4) is 0 Å². The summed E-state index contributed by atoms with van der Waals surface area (Å²) in [6.45, 7) is 0.818. The van der Waals surface area contributed by atoms with E-state index >= 15 is 0 Å². The van der Waals surface area contributed by atoms with E-state index in [2.05, 4.69) is 5.32 Å². The van der Waals surface area contributed by atoms with E-state index in [1.807, 2.05) is 6.07 Å². The lowest BCUT2D eigenvalue weighted by Crippen LogP contribution is -2.33. The lowest BCUT2D eigenvalue weighted by Gasteiger charge is -2.20. The molecule has 1 aliphatic rings. The molecule has 3 N–H and O–H groups in total. The maximum absolute atomic E-state index is 12.1. The second kappa shape index (κ2) is 7.26. The average molecular weight is 298 g/mol. The molecule has 0 radical (unpaired) electrons. The minimum Gasteiger partial charge on any atom is -0.351 e. The van der Waals surface area contributed by atoms with E-state index in [0.29, 0.717) is 24.3 Å². The van der Waals surface area contributed by atoms with Crippen molar-refractivity contribution < 1.29 is 9.59 Å². The monoisotopic (exact) mass is 297 g/mol. The number of hydrogen-bond acceptors (Lipinski definition) is 3. The van der Waals surface area contributed by atoms with Gasteiger partial charge in [-0.1, -0.05) is 12.1 Å². The number of carbonyl (C=O) groups excluding carboxylic acids is 2. The number of rotatable bonds is 5. The summed E-state index contributed by atoms with van der Waals surface area (Å²) in [6, 6.07) is 7.12. The Morgan fingerprint density at radius 1 is 1.35 bits per heavy atom. The van der Waals surface area contributed by atoms with Crippen molar-refractivity contribution in [3.05, 3.63) is 29.8 Å². The largest absolute Gasteiger partial charge is 0.351 e. The summed E-state index contributed by atoms with van der Waals surface area (Å²) in [7, 11) is 1.72. The molecule has 0 heterocycles. The summed E-state index contributed by atoms with van der Waals surface area (Å²) < 4.78 is 0. The molecule has 0 unspecified atom stereocenters. The highest BCUT2D eigenvalue weighted by atomic mass is 35.5. The Morgan fingerprint density at radius 3 is 2.60 bits per heavy atom. The van der Waals surface area contributed by atoms with E-state index < -0.39 is 0 Å². The average Bonchev–Trinajstić information content (AvgIpc) is 3.27. The van der Waals surface area contributed by atoms with Crippen LogP contribution in [-0.2, 0) is 4.79 Å². The molecule has 5 nitrogen and oxygen atoms in total. The Labute approximate surface area is 124 Å². The third-order valence-corrected chi connectivity index (χ3v) is 3.20. The first kappa shape index (κ1) is 16.5. The first-order valence-corrected chi connectivity index (χ1v) is 6.50. The minimum absolute atomic E-state index is 0. The van der Waals surface area contributed by atoms with Gasteiger partial charge in [-0.3, -0.25) is 9.59 Å². The molecule has 2 rings (SSSR count). The summed E-state index contributed by atoms with van der Waals surface area (Å²) in [5, 5.41) is 2.73. The van der Waals surface area contributed by atoms with Crippen LogP contribution < -0.4 is 16.0 Å². The van der Waals surface area contributed by atoms with E-state index in [4.69, 9.17) is 5.73 Å². The number of amides is 2. The zero-order valence-corrected chi connectivity index (χ0v) is 12.3. The van der Waals surface area contributed by atoms with Gasteiger partial charge in [-0.2, -0.15) is 0 Å². The van der Waals surface area contributed by atoms with E-state index in [1.54, 1.807) is 30.1 Å². The molecule has 0 atom stereocenters. The molecule has 1 fully saturated rings. The van der Waals surface area contributed by atoms with Crippen molar-refractivity contribution in [3.8, 4) is 0 Å². The van der Waals surface area contributed by atoms with Crippen molar-refractivity contribution in [2.24, 2.45) is 11.7 Å². The molecule has 1 saturated carbocycles. The maximum atomic E-state index is 12.1. The van der Waals surface area contributed by atoms with Gasteiger partial charge in [0, 0.05) is 26.1 Å². The molecule has 1 aromatic rings. The van der Waals surface area contributed by atoms with Crippen LogP contribution in [0.15, 0.2) is 24.3 Å². The van der Waals surface area contributed by atoms with Crippen molar-refractivity contribution >= 4 is 29.9 Å². The van der Waals surface area contributed by atoms with Gasteiger partial charge in [-0.05, 0) is 25.0 Å². The third kappa shape index (κ3) is 3.71. The Bertz CT molecular complexity index is 489. The van der Waals surface area contributed by atoms with E-state index in [0.717, 1.165) is 12.8 Å².